The van der Waals surface area contributed by atoms with Crippen LogP contribution < -0.4 is 15.8 Å². The summed E-state index contributed by atoms with van der Waals surface area (Å²) >= 11 is 6.11. The third-order valence-corrected chi connectivity index (χ3v) is 6.62. The Bertz CT molecular complexity index is 824. The van der Waals surface area contributed by atoms with Gasteiger partial charge in [0, 0.05) is 52.4 Å². The topological polar surface area (TPSA) is 100 Å². The molecule has 2 saturated heterocycles. The first-order valence-electron chi connectivity index (χ1n) is 11.1. The molecule has 2 atom stereocenters. The number of likely N-dealkylation sites (tertiary alicyclic amines) is 1. The van der Waals surface area contributed by atoms with E-state index in [0.717, 1.165) is 58.7 Å². The Morgan fingerprint density at radius 2 is 1.97 bits per heavy atom. The third kappa shape index (κ3) is 5.57. The summed E-state index contributed by atoms with van der Waals surface area (Å²) in [4.78, 5) is 31.2. The van der Waals surface area contributed by atoms with E-state index in [9.17, 15) is 9.59 Å². The van der Waals surface area contributed by atoms with Crippen molar-refractivity contribution in [1.82, 2.24) is 20.0 Å². The van der Waals surface area contributed by atoms with Crippen LogP contribution in [-0.2, 0) is 4.74 Å². The summed E-state index contributed by atoms with van der Waals surface area (Å²) in [6.45, 7) is 7.61. The van der Waals surface area contributed by atoms with Crippen molar-refractivity contribution in [1.29, 1.82) is 0 Å². The molecule has 0 spiro atoms. The first kappa shape index (κ1) is 24.4. The number of carbonyl (C=O) groups excluding carboxylic acids is 2. The zero-order valence-electron chi connectivity index (χ0n) is 19.1. The van der Waals surface area contributed by atoms with Gasteiger partial charge in [-0.1, -0.05) is 11.6 Å². The van der Waals surface area contributed by atoms with E-state index in [1.54, 1.807) is 13.2 Å². The Hall–Kier alpha value is -2.23. The van der Waals surface area contributed by atoms with Gasteiger partial charge in [-0.2, -0.15) is 0 Å². The van der Waals surface area contributed by atoms with Crippen molar-refractivity contribution < 1.29 is 19.1 Å². The van der Waals surface area contributed by atoms with E-state index in [1.165, 1.54) is 13.2 Å². The minimum atomic E-state index is -0.266. The molecule has 2 fully saturated rings. The third-order valence-electron chi connectivity index (χ3n) is 6.29. The molecular weight excluding hydrogens is 434 g/mol. The lowest BCUT2D eigenvalue weighted by atomic mass is 10.0. The Morgan fingerprint density at radius 1 is 1.22 bits per heavy atom. The smallest absolute Gasteiger partial charge is 0.320 e. The lowest BCUT2D eigenvalue weighted by Crippen LogP contribution is -2.55. The Labute approximate surface area is 194 Å². The van der Waals surface area contributed by atoms with Crippen molar-refractivity contribution in [3.63, 3.8) is 0 Å². The number of urea groups is 1. The van der Waals surface area contributed by atoms with Gasteiger partial charge in [0.1, 0.15) is 5.75 Å². The summed E-state index contributed by atoms with van der Waals surface area (Å²) in [5.41, 5.74) is 6.53. The average molecular weight is 468 g/mol. The Kier molecular flexibility index (Phi) is 8.44. The highest BCUT2D eigenvalue weighted by molar-refractivity contribution is 6.33. The highest BCUT2D eigenvalue weighted by atomic mass is 35.5. The van der Waals surface area contributed by atoms with Crippen molar-refractivity contribution in [2.75, 3.05) is 65.8 Å². The number of nitrogen functional groups attached to an aromatic ring is 1. The molecule has 2 aliphatic heterocycles. The number of benzene rings is 1. The van der Waals surface area contributed by atoms with Crippen molar-refractivity contribution in [3.05, 3.63) is 22.7 Å². The number of nitrogens with two attached hydrogens (primary N) is 1. The SMILES string of the molecule is CCN1CCN(CCCN2CC[C@H](NC(=O)c3cc(Cl)c(N)cc3OC)[C@H](OC)C2)C1=O. The summed E-state index contributed by atoms with van der Waals surface area (Å²) in [5.74, 6) is 0.117. The monoisotopic (exact) mass is 467 g/mol. The molecule has 1 aromatic rings. The highest BCUT2D eigenvalue weighted by Gasteiger charge is 2.32. The largest absolute Gasteiger partial charge is 0.496 e. The average Bonchev–Trinajstić information content (AvgIpc) is 3.15. The van der Waals surface area contributed by atoms with Crippen LogP contribution in [0.25, 0.3) is 0 Å². The molecular formula is C22H34ClN5O4. The van der Waals surface area contributed by atoms with Gasteiger partial charge in [0.2, 0.25) is 0 Å². The molecule has 1 aromatic carbocycles. The molecule has 2 aliphatic rings. The molecule has 10 heteroatoms. The maximum absolute atomic E-state index is 12.9. The maximum atomic E-state index is 12.9. The van der Waals surface area contributed by atoms with Crippen LogP contribution in [0, 0.1) is 0 Å². The van der Waals surface area contributed by atoms with Crippen LogP contribution in [0.3, 0.4) is 0 Å². The summed E-state index contributed by atoms with van der Waals surface area (Å²) in [6, 6.07) is 3.10. The van der Waals surface area contributed by atoms with Crippen LogP contribution in [-0.4, -0.2) is 98.8 Å². The summed E-state index contributed by atoms with van der Waals surface area (Å²) in [6.07, 6.45) is 1.55. The molecule has 2 heterocycles. The predicted molar refractivity (Wildman–Crippen MR) is 124 cm³/mol. The molecule has 0 bridgehead atoms. The van der Waals surface area contributed by atoms with E-state index in [1.807, 2.05) is 16.7 Å². The lowest BCUT2D eigenvalue weighted by Gasteiger charge is -2.38. The van der Waals surface area contributed by atoms with Gasteiger partial charge in [-0.25, -0.2) is 4.79 Å². The number of nitrogens with zero attached hydrogens (tertiary/aromatic N) is 3. The fourth-order valence-electron chi connectivity index (χ4n) is 4.37. The van der Waals surface area contributed by atoms with E-state index < -0.39 is 0 Å². The molecule has 178 valence electrons. The number of anilines is 1. The number of halogens is 1. The van der Waals surface area contributed by atoms with E-state index in [-0.39, 0.29) is 24.1 Å². The maximum Gasteiger partial charge on any atom is 0.320 e. The summed E-state index contributed by atoms with van der Waals surface area (Å²) in [7, 11) is 3.15. The normalized spacial score (nSPS) is 21.8. The summed E-state index contributed by atoms with van der Waals surface area (Å²) in [5, 5.41) is 3.38. The molecule has 0 radical (unpaired) electrons. The molecule has 3 rings (SSSR count). The number of hydrogen-bond acceptors (Lipinski definition) is 6. The lowest BCUT2D eigenvalue weighted by molar-refractivity contribution is 0.00575. The van der Waals surface area contributed by atoms with Gasteiger partial charge in [-0.3, -0.25) is 4.79 Å². The minimum absolute atomic E-state index is 0.122. The van der Waals surface area contributed by atoms with E-state index in [4.69, 9.17) is 26.8 Å². The molecule has 9 nitrogen and oxygen atoms in total. The Morgan fingerprint density at radius 3 is 2.62 bits per heavy atom. The first-order valence-corrected chi connectivity index (χ1v) is 11.5. The van der Waals surface area contributed by atoms with Crippen LogP contribution in [0.4, 0.5) is 10.5 Å². The van der Waals surface area contributed by atoms with Gasteiger partial charge >= 0.3 is 6.03 Å². The molecule has 32 heavy (non-hydrogen) atoms. The van der Waals surface area contributed by atoms with Crippen LogP contribution in [0.15, 0.2) is 12.1 Å². The van der Waals surface area contributed by atoms with Crippen molar-refractivity contribution in [2.24, 2.45) is 0 Å². The number of hydrogen-bond donors (Lipinski definition) is 2. The van der Waals surface area contributed by atoms with Gasteiger partial charge < -0.3 is 35.2 Å². The molecule has 0 aliphatic carbocycles. The standard InChI is InChI=1S/C22H34ClN5O4/c1-4-27-10-11-28(22(27)30)8-5-7-26-9-6-18(20(14-26)32-3)25-21(29)15-12-16(23)17(24)13-19(15)31-2/h12-13,18,20H,4-11,14,24H2,1-3H3,(H,25,29)/t18-,20+/m0/s1. The second kappa shape index (κ2) is 11.1. The van der Waals surface area contributed by atoms with Gasteiger partial charge in [-0.15, -0.1) is 0 Å². The number of piperidine rings is 1. The summed E-state index contributed by atoms with van der Waals surface area (Å²) < 4.78 is 11.0. The van der Waals surface area contributed by atoms with Crippen molar-refractivity contribution in [3.8, 4) is 5.75 Å². The fraction of sp³-hybridized carbons (Fsp3) is 0.636. The molecule has 0 unspecified atom stereocenters. The quantitative estimate of drug-likeness (QED) is 0.538. The number of methoxy groups -OCH3 is 2. The van der Waals surface area contributed by atoms with Crippen molar-refractivity contribution in [2.45, 2.75) is 31.9 Å². The predicted octanol–water partition coefficient (Wildman–Crippen LogP) is 1.90. The van der Waals surface area contributed by atoms with Crippen molar-refractivity contribution >= 4 is 29.2 Å². The highest BCUT2D eigenvalue weighted by Crippen LogP contribution is 2.29. The first-order chi connectivity index (χ1) is 15.4. The van der Waals surface area contributed by atoms with Crippen LogP contribution in [0.1, 0.15) is 30.1 Å². The van der Waals surface area contributed by atoms with Gasteiger partial charge in [-0.05, 0) is 32.4 Å². The number of amides is 3. The molecule has 3 amide bonds. The van der Waals surface area contributed by atoms with E-state index in [2.05, 4.69) is 10.2 Å². The van der Waals surface area contributed by atoms with Crippen LogP contribution in [0.2, 0.25) is 5.02 Å². The number of ether oxygens (including phenoxy) is 2. The van der Waals surface area contributed by atoms with E-state index in [0.29, 0.717) is 22.0 Å². The van der Waals surface area contributed by atoms with Gasteiger partial charge in [0.25, 0.3) is 5.91 Å². The number of nitrogens with one attached hydrogen (secondary N) is 1. The molecule has 3 N–H and O–H groups in total. The second-order valence-corrected chi connectivity index (χ2v) is 8.63. The second-order valence-electron chi connectivity index (χ2n) is 8.22. The number of carbonyl (C=O) groups is 2. The molecule has 0 saturated carbocycles. The van der Waals surface area contributed by atoms with E-state index >= 15 is 0 Å². The zero-order chi connectivity index (χ0) is 23.3. The minimum Gasteiger partial charge on any atom is -0.496 e. The van der Waals surface area contributed by atoms with Crippen LogP contribution >= 0.6 is 11.6 Å². The number of rotatable bonds is 9. The zero-order valence-corrected chi connectivity index (χ0v) is 19.9. The Balaban J connectivity index is 1.51. The number of likely N-dealkylation sites (N-methyl/N-ethyl adjacent to an activating group) is 1. The molecule has 0 aromatic heterocycles. The van der Waals surface area contributed by atoms with Gasteiger partial charge in [0.15, 0.2) is 0 Å². The van der Waals surface area contributed by atoms with Crippen LogP contribution in [0.5, 0.6) is 5.75 Å². The fourth-order valence-corrected chi connectivity index (χ4v) is 4.53. The van der Waals surface area contributed by atoms with Gasteiger partial charge in [0.05, 0.1) is 35.5 Å².